The van der Waals surface area contributed by atoms with Gasteiger partial charge in [-0.3, -0.25) is 9.59 Å². The Kier molecular flexibility index (Phi) is 4.57. The SMILES string of the molecule is CNCCC(=O)N1CCN(C(=O)c2ccco2)CC1. The molecule has 104 valence electrons. The zero-order valence-corrected chi connectivity index (χ0v) is 11.1. The van der Waals surface area contributed by atoms with Gasteiger partial charge in [0.05, 0.1) is 6.26 Å². The predicted octanol–water partition coefficient (Wildman–Crippen LogP) is 0.174. The van der Waals surface area contributed by atoms with E-state index < -0.39 is 0 Å². The van der Waals surface area contributed by atoms with Gasteiger partial charge in [0, 0.05) is 39.1 Å². The van der Waals surface area contributed by atoms with Crippen molar-refractivity contribution in [2.75, 3.05) is 39.8 Å². The van der Waals surface area contributed by atoms with E-state index in [9.17, 15) is 9.59 Å². The van der Waals surface area contributed by atoms with Gasteiger partial charge in [-0.05, 0) is 19.2 Å². The first-order valence-electron chi connectivity index (χ1n) is 6.47. The summed E-state index contributed by atoms with van der Waals surface area (Å²) in [5.41, 5.74) is 0. The van der Waals surface area contributed by atoms with Crippen molar-refractivity contribution in [3.05, 3.63) is 24.2 Å². The average molecular weight is 265 g/mol. The van der Waals surface area contributed by atoms with Gasteiger partial charge in [0.2, 0.25) is 5.91 Å². The largest absolute Gasteiger partial charge is 0.459 e. The maximum Gasteiger partial charge on any atom is 0.289 e. The number of nitrogens with one attached hydrogen (secondary N) is 1. The van der Waals surface area contributed by atoms with Crippen molar-refractivity contribution in [2.24, 2.45) is 0 Å². The molecule has 1 N–H and O–H groups in total. The molecule has 19 heavy (non-hydrogen) atoms. The average Bonchev–Trinajstić information content (AvgIpc) is 2.98. The fraction of sp³-hybridized carbons (Fsp3) is 0.538. The van der Waals surface area contributed by atoms with Crippen LogP contribution in [0.2, 0.25) is 0 Å². The van der Waals surface area contributed by atoms with Crippen molar-refractivity contribution in [1.82, 2.24) is 15.1 Å². The number of amides is 2. The van der Waals surface area contributed by atoms with Gasteiger partial charge >= 0.3 is 0 Å². The first-order chi connectivity index (χ1) is 9.22. The molecule has 0 aromatic carbocycles. The number of rotatable bonds is 4. The zero-order valence-electron chi connectivity index (χ0n) is 11.1. The molecule has 0 atom stereocenters. The van der Waals surface area contributed by atoms with Gasteiger partial charge in [0.1, 0.15) is 0 Å². The number of piperazine rings is 1. The number of carbonyl (C=O) groups is 2. The van der Waals surface area contributed by atoms with Crippen LogP contribution in [0.5, 0.6) is 0 Å². The Morgan fingerprint density at radius 3 is 2.53 bits per heavy atom. The zero-order chi connectivity index (χ0) is 13.7. The fourth-order valence-electron chi connectivity index (χ4n) is 2.11. The van der Waals surface area contributed by atoms with Gasteiger partial charge in [-0.1, -0.05) is 0 Å². The van der Waals surface area contributed by atoms with E-state index in [0.717, 1.165) is 0 Å². The lowest BCUT2D eigenvalue weighted by molar-refractivity contribution is -0.132. The Morgan fingerprint density at radius 1 is 1.26 bits per heavy atom. The summed E-state index contributed by atoms with van der Waals surface area (Å²) in [6.45, 7) is 2.99. The van der Waals surface area contributed by atoms with Crippen LogP contribution in [0.15, 0.2) is 22.8 Å². The van der Waals surface area contributed by atoms with Crippen LogP contribution in [0.3, 0.4) is 0 Å². The van der Waals surface area contributed by atoms with Crippen molar-refractivity contribution in [3.63, 3.8) is 0 Å². The van der Waals surface area contributed by atoms with E-state index in [-0.39, 0.29) is 11.8 Å². The van der Waals surface area contributed by atoms with Gasteiger partial charge in [0.15, 0.2) is 5.76 Å². The lowest BCUT2D eigenvalue weighted by Crippen LogP contribution is -2.50. The van der Waals surface area contributed by atoms with Crippen LogP contribution in [0.25, 0.3) is 0 Å². The molecule has 6 nitrogen and oxygen atoms in total. The minimum Gasteiger partial charge on any atom is -0.459 e. The minimum absolute atomic E-state index is 0.104. The number of carbonyl (C=O) groups excluding carboxylic acids is 2. The molecule has 0 spiro atoms. The van der Waals surface area contributed by atoms with Crippen molar-refractivity contribution in [2.45, 2.75) is 6.42 Å². The van der Waals surface area contributed by atoms with E-state index in [1.165, 1.54) is 6.26 Å². The smallest absolute Gasteiger partial charge is 0.289 e. The summed E-state index contributed by atoms with van der Waals surface area (Å²) in [6.07, 6.45) is 1.99. The van der Waals surface area contributed by atoms with Gasteiger partial charge in [0.25, 0.3) is 5.91 Å². The van der Waals surface area contributed by atoms with Crippen LogP contribution >= 0.6 is 0 Å². The summed E-state index contributed by atoms with van der Waals surface area (Å²) in [6, 6.07) is 3.36. The van der Waals surface area contributed by atoms with E-state index in [2.05, 4.69) is 5.32 Å². The topological polar surface area (TPSA) is 65.8 Å². The lowest BCUT2D eigenvalue weighted by atomic mass is 10.2. The predicted molar refractivity (Wildman–Crippen MR) is 69.7 cm³/mol. The molecule has 1 aliphatic rings. The van der Waals surface area contributed by atoms with Gasteiger partial charge in [-0.15, -0.1) is 0 Å². The molecule has 1 fully saturated rings. The summed E-state index contributed by atoms with van der Waals surface area (Å²) >= 11 is 0. The van der Waals surface area contributed by atoms with E-state index >= 15 is 0 Å². The number of hydrogen-bond acceptors (Lipinski definition) is 4. The monoisotopic (exact) mass is 265 g/mol. The molecular formula is C13H19N3O3. The third-order valence-electron chi connectivity index (χ3n) is 3.24. The summed E-state index contributed by atoms with van der Waals surface area (Å²) in [5, 5.41) is 2.96. The molecule has 6 heteroatoms. The van der Waals surface area contributed by atoms with Crippen LogP contribution in [0, 0.1) is 0 Å². The van der Waals surface area contributed by atoms with Gasteiger partial charge < -0.3 is 19.5 Å². The highest BCUT2D eigenvalue weighted by Gasteiger charge is 2.25. The molecule has 2 rings (SSSR count). The van der Waals surface area contributed by atoms with Crippen molar-refractivity contribution < 1.29 is 14.0 Å². The molecule has 0 bridgehead atoms. The highest BCUT2D eigenvalue weighted by molar-refractivity contribution is 5.91. The van der Waals surface area contributed by atoms with Crippen molar-refractivity contribution in [1.29, 1.82) is 0 Å². The Labute approximate surface area is 112 Å². The van der Waals surface area contributed by atoms with Gasteiger partial charge in [-0.2, -0.15) is 0 Å². The Morgan fingerprint density at radius 2 is 1.95 bits per heavy atom. The van der Waals surface area contributed by atoms with Crippen molar-refractivity contribution >= 4 is 11.8 Å². The van der Waals surface area contributed by atoms with Crippen molar-refractivity contribution in [3.8, 4) is 0 Å². The van der Waals surface area contributed by atoms with Gasteiger partial charge in [-0.25, -0.2) is 0 Å². The second-order valence-electron chi connectivity index (χ2n) is 4.50. The summed E-state index contributed by atoms with van der Waals surface area (Å²) in [4.78, 5) is 27.4. The Bertz CT molecular complexity index is 422. The van der Waals surface area contributed by atoms with Crippen LogP contribution in [0.1, 0.15) is 17.0 Å². The quantitative estimate of drug-likeness (QED) is 0.843. The van der Waals surface area contributed by atoms with E-state index in [1.54, 1.807) is 17.0 Å². The first-order valence-corrected chi connectivity index (χ1v) is 6.47. The standard InChI is InChI=1S/C13H19N3O3/c1-14-5-4-12(17)15-6-8-16(9-7-15)13(18)11-3-2-10-19-11/h2-3,10,14H,4-9H2,1H3. The lowest BCUT2D eigenvalue weighted by Gasteiger charge is -2.34. The van der Waals surface area contributed by atoms with Crippen LogP contribution in [0.4, 0.5) is 0 Å². The number of hydrogen-bond donors (Lipinski definition) is 1. The molecule has 1 aromatic rings. The van der Waals surface area contributed by atoms with Crippen LogP contribution in [-0.2, 0) is 4.79 Å². The number of furan rings is 1. The molecule has 0 aliphatic carbocycles. The number of nitrogens with zero attached hydrogens (tertiary/aromatic N) is 2. The molecule has 0 unspecified atom stereocenters. The molecule has 0 saturated carbocycles. The normalized spacial score (nSPS) is 15.6. The fourth-order valence-corrected chi connectivity index (χ4v) is 2.11. The molecule has 0 radical (unpaired) electrons. The highest BCUT2D eigenvalue weighted by Crippen LogP contribution is 2.09. The molecule has 1 aromatic heterocycles. The third kappa shape index (κ3) is 3.35. The molecular weight excluding hydrogens is 246 g/mol. The Balaban J connectivity index is 1.82. The van der Waals surface area contributed by atoms with Crippen LogP contribution in [-0.4, -0.2) is 61.4 Å². The third-order valence-corrected chi connectivity index (χ3v) is 3.24. The second-order valence-corrected chi connectivity index (χ2v) is 4.50. The maximum absolute atomic E-state index is 12.0. The molecule has 2 heterocycles. The maximum atomic E-state index is 12.0. The highest BCUT2D eigenvalue weighted by atomic mass is 16.3. The Hall–Kier alpha value is -1.82. The molecule has 1 aliphatic heterocycles. The first kappa shape index (κ1) is 13.6. The van der Waals surface area contributed by atoms with Crippen LogP contribution < -0.4 is 5.32 Å². The summed E-state index contributed by atoms with van der Waals surface area (Å²) in [7, 11) is 1.83. The summed E-state index contributed by atoms with van der Waals surface area (Å²) in [5.74, 6) is 0.390. The van der Waals surface area contributed by atoms with E-state index in [4.69, 9.17) is 4.42 Å². The van der Waals surface area contributed by atoms with E-state index in [0.29, 0.717) is 44.9 Å². The molecule has 1 saturated heterocycles. The molecule has 2 amide bonds. The minimum atomic E-state index is -0.104. The summed E-state index contributed by atoms with van der Waals surface area (Å²) < 4.78 is 5.10. The van der Waals surface area contributed by atoms with E-state index in [1.807, 2.05) is 11.9 Å². The second kappa shape index (κ2) is 6.38.